The Morgan fingerprint density at radius 1 is 1.35 bits per heavy atom. The van der Waals surface area contributed by atoms with Crippen LogP contribution in [-0.2, 0) is 0 Å². The Balaban J connectivity index is 2.46. The average molecular weight is 283 g/mol. The van der Waals surface area contributed by atoms with Crippen molar-refractivity contribution in [3.63, 3.8) is 0 Å². The maximum atomic E-state index is 13.7. The molecule has 1 unspecified atom stereocenters. The number of halogens is 1. The summed E-state index contributed by atoms with van der Waals surface area (Å²) in [6.45, 7) is 7.19. The molecule has 1 rings (SSSR count). The van der Waals surface area contributed by atoms with Crippen molar-refractivity contribution >= 4 is 0 Å². The number of hydrogen-bond donors (Lipinski definition) is 2. The number of aliphatic hydroxyl groups excluding tert-OH is 1. The summed E-state index contributed by atoms with van der Waals surface area (Å²) in [5.41, 5.74) is 0.344. The van der Waals surface area contributed by atoms with E-state index in [1.54, 1.807) is 25.1 Å². The fraction of sp³-hybridized carbons (Fsp3) is 0.625. The van der Waals surface area contributed by atoms with E-state index in [-0.39, 0.29) is 18.0 Å². The molecule has 1 atom stereocenters. The first-order valence-corrected chi connectivity index (χ1v) is 7.32. The Hall–Kier alpha value is -1.13. The van der Waals surface area contributed by atoms with Gasteiger partial charge in [0.05, 0.1) is 13.2 Å². The molecule has 0 amide bonds. The normalized spacial score (nSPS) is 14.1. The number of hydrogen-bond acceptors (Lipinski definition) is 3. The second-order valence-corrected chi connectivity index (χ2v) is 5.16. The van der Waals surface area contributed by atoms with E-state index in [2.05, 4.69) is 12.2 Å². The van der Waals surface area contributed by atoms with E-state index < -0.39 is 0 Å². The van der Waals surface area contributed by atoms with Gasteiger partial charge in [0, 0.05) is 5.54 Å². The maximum Gasteiger partial charge on any atom is 0.167 e. The van der Waals surface area contributed by atoms with Gasteiger partial charge in [0.15, 0.2) is 11.6 Å². The van der Waals surface area contributed by atoms with E-state index >= 15 is 0 Å². The van der Waals surface area contributed by atoms with E-state index in [1.165, 1.54) is 0 Å². The molecule has 0 bridgehead atoms. The molecule has 0 aliphatic heterocycles. The van der Waals surface area contributed by atoms with Crippen LogP contribution in [0, 0.1) is 12.7 Å². The number of likely N-dealkylation sites (N-methyl/N-ethyl adjacent to an activating group) is 1. The van der Waals surface area contributed by atoms with E-state index in [1.807, 2.05) is 6.92 Å². The molecule has 20 heavy (non-hydrogen) atoms. The second-order valence-electron chi connectivity index (χ2n) is 5.16. The van der Waals surface area contributed by atoms with E-state index in [9.17, 15) is 9.50 Å². The number of aliphatic hydroxyl groups is 1. The summed E-state index contributed by atoms with van der Waals surface area (Å²) in [6, 6.07) is 5.16. The molecule has 0 aliphatic carbocycles. The molecule has 0 fully saturated rings. The Morgan fingerprint density at radius 3 is 2.70 bits per heavy atom. The fourth-order valence-electron chi connectivity index (χ4n) is 2.34. The van der Waals surface area contributed by atoms with Crippen molar-refractivity contribution in [3.05, 3.63) is 29.6 Å². The number of nitrogens with one attached hydrogen (secondary N) is 1. The molecule has 2 N–H and O–H groups in total. The first-order chi connectivity index (χ1) is 9.58. The fourth-order valence-corrected chi connectivity index (χ4v) is 2.34. The van der Waals surface area contributed by atoms with Crippen molar-refractivity contribution in [2.24, 2.45) is 0 Å². The number of rotatable bonds is 9. The lowest BCUT2D eigenvalue weighted by atomic mass is 9.91. The summed E-state index contributed by atoms with van der Waals surface area (Å²) in [7, 11) is 0. The van der Waals surface area contributed by atoms with Gasteiger partial charge in [-0.05, 0) is 44.4 Å². The lowest BCUT2D eigenvalue weighted by molar-refractivity contribution is 0.139. The minimum atomic E-state index is -0.289. The van der Waals surface area contributed by atoms with Gasteiger partial charge in [-0.25, -0.2) is 4.39 Å². The first kappa shape index (κ1) is 16.9. The molecule has 0 aromatic heterocycles. The minimum Gasteiger partial charge on any atom is -0.491 e. The number of ether oxygens (including phenoxy) is 1. The third-order valence-electron chi connectivity index (χ3n) is 3.74. The van der Waals surface area contributed by atoms with E-state index in [0.29, 0.717) is 17.9 Å². The van der Waals surface area contributed by atoms with Crippen LogP contribution in [0.25, 0.3) is 0 Å². The predicted molar refractivity (Wildman–Crippen MR) is 79.7 cm³/mol. The van der Waals surface area contributed by atoms with Gasteiger partial charge in [0.1, 0.15) is 0 Å². The summed E-state index contributed by atoms with van der Waals surface area (Å²) in [6.07, 6.45) is 2.44. The zero-order chi connectivity index (χ0) is 15.0. The molecule has 1 aromatic carbocycles. The van der Waals surface area contributed by atoms with Crippen molar-refractivity contribution < 1.29 is 14.2 Å². The van der Waals surface area contributed by atoms with Crippen LogP contribution in [0.4, 0.5) is 4.39 Å². The monoisotopic (exact) mass is 283 g/mol. The Bertz CT molecular complexity index is 405. The number of aryl methyl sites for hydroxylation is 1. The summed E-state index contributed by atoms with van der Waals surface area (Å²) < 4.78 is 19.2. The van der Waals surface area contributed by atoms with Gasteiger partial charge in [-0.3, -0.25) is 0 Å². The third kappa shape index (κ3) is 4.46. The van der Waals surface area contributed by atoms with Crippen LogP contribution in [-0.4, -0.2) is 30.4 Å². The van der Waals surface area contributed by atoms with Gasteiger partial charge in [-0.2, -0.15) is 0 Å². The lowest BCUT2D eigenvalue weighted by Gasteiger charge is -2.31. The Kier molecular flexibility index (Phi) is 6.96. The van der Waals surface area contributed by atoms with Gasteiger partial charge in [0.2, 0.25) is 0 Å². The highest BCUT2D eigenvalue weighted by atomic mass is 19.1. The molecule has 1 aromatic rings. The van der Waals surface area contributed by atoms with E-state index in [0.717, 1.165) is 25.8 Å². The zero-order valence-corrected chi connectivity index (χ0v) is 12.7. The van der Waals surface area contributed by atoms with E-state index in [4.69, 9.17) is 4.74 Å². The van der Waals surface area contributed by atoms with Gasteiger partial charge in [-0.15, -0.1) is 0 Å². The van der Waals surface area contributed by atoms with Crippen LogP contribution in [0.3, 0.4) is 0 Å². The van der Waals surface area contributed by atoms with Crippen LogP contribution in [0.5, 0.6) is 5.75 Å². The summed E-state index contributed by atoms with van der Waals surface area (Å²) in [5.74, 6) is 0.0163. The average Bonchev–Trinajstić information content (AvgIpc) is 2.46. The van der Waals surface area contributed by atoms with Gasteiger partial charge in [0.25, 0.3) is 0 Å². The molecule has 114 valence electrons. The molecular formula is C16H26FNO2. The molecule has 4 heteroatoms. The molecule has 0 spiro atoms. The SMILES string of the molecule is CCNC(CC)(CO)CCCOc1cccc(C)c1F. The van der Waals surface area contributed by atoms with Crippen molar-refractivity contribution in [3.8, 4) is 5.75 Å². The highest BCUT2D eigenvalue weighted by Crippen LogP contribution is 2.21. The smallest absolute Gasteiger partial charge is 0.167 e. The van der Waals surface area contributed by atoms with Gasteiger partial charge in [-0.1, -0.05) is 26.0 Å². The third-order valence-corrected chi connectivity index (χ3v) is 3.74. The molecule has 0 aliphatic rings. The molecule has 0 saturated heterocycles. The van der Waals surface area contributed by atoms with Crippen LogP contribution >= 0.6 is 0 Å². The molecule has 3 nitrogen and oxygen atoms in total. The number of benzene rings is 1. The molecule has 0 saturated carbocycles. The molecular weight excluding hydrogens is 257 g/mol. The highest BCUT2D eigenvalue weighted by Gasteiger charge is 2.25. The van der Waals surface area contributed by atoms with Crippen molar-refractivity contribution in [1.82, 2.24) is 5.32 Å². The quantitative estimate of drug-likeness (QED) is 0.684. The highest BCUT2D eigenvalue weighted by molar-refractivity contribution is 5.29. The molecule has 0 radical (unpaired) electrons. The Morgan fingerprint density at radius 2 is 2.10 bits per heavy atom. The summed E-state index contributed by atoms with van der Waals surface area (Å²) >= 11 is 0. The zero-order valence-electron chi connectivity index (χ0n) is 12.7. The van der Waals surface area contributed by atoms with Crippen molar-refractivity contribution in [2.45, 2.75) is 45.6 Å². The topological polar surface area (TPSA) is 41.5 Å². The largest absolute Gasteiger partial charge is 0.491 e. The van der Waals surface area contributed by atoms with Gasteiger partial charge < -0.3 is 15.2 Å². The standard InChI is InChI=1S/C16H26FNO2/c1-4-16(12-19,18-5-2)10-7-11-20-14-9-6-8-13(3)15(14)17/h6,8-9,18-19H,4-5,7,10-12H2,1-3H3. The van der Waals surface area contributed by atoms with Crippen LogP contribution in [0.1, 0.15) is 38.7 Å². The first-order valence-electron chi connectivity index (χ1n) is 7.32. The second kappa shape index (κ2) is 8.22. The van der Waals surface area contributed by atoms with Crippen molar-refractivity contribution in [2.75, 3.05) is 19.8 Å². The van der Waals surface area contributed by atoms with Crippen LogP contribution in [0.15, 0.2) is 18.2 Å². The minimum absolute atomic E-state index is 0.107. The molecule has 0 heterocycles. The van der Waals surface area contributed by atoms with Gasteiger partial charge >= 0.3 is 0 Å². The Labute approximate surface area is 121 Å². The van der Waals surface area contributed by atoms with Crippen LogP contribution < -0.4 is 10.1 Å². The summed E-state index contributed by atoms with van der Waals surface area (Å²) in [4.78, 5) is 0. The van der Waals surface area contributed by atoms with Crippen molar-refractivity contribution in [1.29, 1.82) is 0 Å². The van der Waals surface area contributed by atoms with Crippen LogP contribution in [0.2, 0.25) is 0 Å². The lowest BCUT2D eigenvalue weighted by Crippen LogP contribution is -2.48. The summed E-state index contributed by atoms with van der Waals surface area (Å²) in [5, 5.41) is 12.9. The predicted octanol–water partition coefficient (Wildman–Crippen LogP) is 3.04. The maximum absolute atomic E-state index is 13.7.